The minimum absolute atomic E-state index is 0.0229. The van der Waals surface area contributed by atoms with Gasteiger partial charge >= 0.3 is 5.97 Å². The zero-order valence-corrected chi connectivity index (χ0v) is 23.4. The fourth-order valence-electron chi connectivity index (χ4n) is 7.25. The van der Waals surface area contributed by atoms with Crippen molar-refractivity contribution < 1.29 is 23.1 Å². The molecule has 2 unspecified atom stereocenters. The molecule has 2 heterocycles. The van der Waals surface area contributed by atoms with Crippen molar-refractivity contribution in [2.24, 2.45) is 11.8 Å². The molecule has 7 nitrogen and oxygen atoms in total. The smallest absolute Gasteiger partial charge is 0.306 e. The summed E-state index contributed by atoms with van der Waals surface area (Å²) in [7, 11) is -3.87. The fourth-order valence-corrected chi connectivity index (χ4v) is 9.62. The summed E-state index contributed by atoms with van der Waals surface area (Å²) in [6, 6.07) is 16.5. The molecule has 8 heteroatoms. The van der Waals surface area contributed by atoms with Crippen molar-refractivity contribution in [2.45, 2.75) is 67.6 Å². The molecule has 208 valence electrons. The number of carbonyl (C=O) groups is 2. The maximum atomic E-state index is 14.7. The van der Waals surface area contributed by atoms with Crippen LogP contribution in [0.2, 0.25) is 0 Å². The average Bonchev–Trinajstić information content (AvgIpc) is 3.39. The Balaban J connectivity index is 1.42. The molecular weight excluding hydrogens is 524 g/mol. The summed E-state index contributed by atoms with van der Waals surface area (Å²) in [6.45, 7) is 2.31. The summed E-state index contributed by atoms with van der Waals surface area (Å²) >= 11 is 0. The molecule has 2 atom stereocenters. The van der Waals surface area contributed by atoms with Crippen molar-refractivity contribution >= 4 is 21.7 Å². The van der Waals surface area contributed by atoms with E-state index in [1.54, 1.807) is 24.5 Å². The first-order valence-electron chi connectivity index (χ1n) is 14.1. The number of hydrogen-bond acceptors (Lipinski definition) is 5. The minimum Gasteiger partial charge on any atom is -0.481 e. The average molecular weight is 559 g/mol. The maximum Gasteiger partial charge on any atom is 0.306 e. The predicted octanol–water partition coefficient (Wildman–Crippen LogP) is 5.16. The summed E-state index contributed by atoms with van der Waals surface area (Å²) in [5.74, 6) is -1.49. The van der Waals surface area contributed by atoms with E-state index in [-0.39, 0.29) is 16.7 Å². The molecular formula is C32H34N2O5S. The van der Waals surface area contributed by atoms with Crippen LogP contribution in [0.5, 0.6) is 0 Å². The van der Waals surface area contributed by atoms with E-state index >= 15 is 0 Å². The molecule has 0 spiro atoms. The maximum absolute atomic E-state index is 14.7. The van der Waals surface area contributed by atoms with Gasteiger partial charge in [-0.25, -0.2) is 8.42 Å². The second-order valence-corrected chi connectivity index (χ2v) is 13.7. The highest BCUT2D eigenvalue weighted by Gasteiger charge is 2.61. The van der Waals surface area contributed by atoms with E-state index in [2.05, 4.69) is 11.1 Å². The normalized spacial score (nSPS) is 26.1. The van der Waals surface area contributed by atoms with Gasteiger partial charge in [0.15, 0.2) is 9.84 Å². The van der Waals surface area contributed by atoms with Crippen LogP contribution >= 0.6 is 0 Å². The van der Waals surface area contributed by atoms with Crippen molar-refractivity contribution in [1.82, 2.24) is 9.88 Å². The number of aryl methyl sites for hydroxylation is 2. The summed E-state index contributed by atoms with van der Waals surface area (Å²) < 4.78 is 28.1. The van der Waals surface area contributed by atoms with Gasteiger partial charge in [0.2, 0.25) is 5.91 Å². The van der Waals surface area contributed by atoms with Gasteiger partial charge in [0.05, 0.1) is 16.9 Å². The molecule has 2 aromatic carbocycles. The number of carbonyl (C=O) groups excluding carboxylic acids is 1. The van der Waals surface area contributed by atoms with Crippen LogP contribution in [0.25, 0.3) is 11.1 Å². The molecule has 1 N–H and O–H groups in total. The molecule has 1 aliphatic heterocycles. The molecule has 3 aliphatic rings. The number of benzene rings is 2. The molecule has 1 aromatic heterocycles. The topological polar surface area (TPSA) is 105 Å². The summed E-state index contributed by atoms with van der Waals surface area (Å²) in [5.41, 5.74) is 4.75. The van der Waals surface area contributed by atoms with E-state index < -0.39 is 32.5 Å². The summed E-state index contributed by atoms with van der Waals surface area (Å²) in [6.07, 6.45) is 7.13. The van der Waals surface area contributed by atoms with Crippen LogP contribution < -0.4 is 0 Å². The van der Waals surface area contributed by atoms with Crippen LogP contribution in [0, 0.1) is 18.8 Å². The van der Waals surface area contributed by atoms with E-state index in [9.17, 15) is 23.1 Å². The quantitative estimate of drug-likeness (QED) is 0.464. The third kappa shape index (κ3) is 4.24. The molecule has 40 heavy (non-hydrogen) atoms. The van der Waals surface area contributed by atoms with E-state index in [1.165, 1.54) is 0 Å². The number of amides is 1. The Labute approximate surface area is 235 Å². The van der Waals surface area contributed by atoms with Crippen LogP contribution in [-0.4, -0.2) is 47.9 Å². The standard InChI is InChI=1S/C32H34N2O5S/c1-21-4-12-27(13-5-21)40(38,39)32-16-18-34(30(35)22-6-8-23(9-7-22)31(36)37)29(32)15-11-25-19-24(10-14-28(25)32)26-3-2-17-33-20-26/h2-5,10,12-14,17,19-20,22-23,29H,6-9,11,15-16,18H2,1H3,(H,36,37). The molecule has 0 radical (unpaired) electrons. The zero-order valence-electron chi connectivity index (χ0n) is 22.6. The first kappa shape index (κ1) is 26.7. The largest absolute Gasteiger partial charge is 0.481 e. The highest BCUT2D eigenvalue weighted by molar-refractivity contribution is 7.92. The molecule has 1 amide bonds. The third-order valence-corrected chi connectivity index (χ3v) is 11.9. The van der Waals surface area contributed by atoms with Crippen LogP contribution in [0.3, 0.4) is 0 Å². The molecule has 0 bridgehead atoms. The van der Waals surface area contributed by atoms with Gasteiger partial charge in [-0.1, -0.05) is 42.0 Å². The number of aliphatic carboxylic acids is 1. The highest BCUT2D eigenvalue weighted by atomic mass is 32.2. The molecule has 2 fully saturated rings. The van der Waals surface area contributed by atoms with Crippen molar-refractivity contribution in [2.75, 3.05) is 6.54 Å². The summed E-state index contributed by atoms with van der Waals surface area (Å²) in [5, 5.41) is 9.40. The number of nitrogens with zero attached hydrogens (tertiary/aromatic N) is 2. The van der Waals surface area contributed by atoms with Gasteiger partial charge in [-0.05, 0) is 92.3 Å². The van der Waals surface area contributed by atoms with Gasteiger partial charge in [0.1, 0.15) is 4.75 Å². The third-order valence-electron chi connectivity index (χ3n) is 9.40. The lowest BCUT2D eigenvalue weighted by Gasteiger charge is -2.43. The van der Waals surface area contributed by atoms with Crippen molar-refractivity contribution in [3.05, 3.63) is 83.7 Å². The number of sulfone groups is 1. The Morgan fingerprint density at radius 2 is 1.68 bits per heavy atom. The Morgan fingerprint density at radius 3 is 2.35 bits per heavy atom. The number of fused-ring (bicyclic) bond motifs is 3. The lowest BCUT2D eigenvalue weighted by atomic mass is 9.77. The van der Waals surface area contributed by atoms with Gasteiger partial charge in [0.25, 0.3) is 0 Å². The number of likely N-dealkylation sites (tertiary alicyclic amines) is 1. The van der Waals surface area contributed by atoms with E-state index in [0.717, 1.165) is 27.8 Å². The number of carboxylic acid groups (broad SMARTS) is 1. The van der Waals surface area contributed by atoms with Gasteiger partial charge < -0.3 is 10.0 Å². The van der Waals surface area contributed by atoms with Crippen LogP contribution in [0.15, 0.2) is 71.9 Å². The van der Waals surface area contributed by atoms with Crippen LogP contribution in [-0.2, 0) is 30.6 Å². The van der Waals surface area contributed by atoms with Crippen molar-refractivity contribution in [1.29, 1.82) is 0 Å². The van der Waals surface area contributed by atoms with Gasteiger partial charge in [0, 0.05) is 24.9 Å². The van der Waals surface area contributed by atoms with E-state index in [0.29, 0.717) is 51.5 Å². The first-order valence-corrected chi connectivity index (χ1v) is 15.6. The Hall–Kier alpha value is -3.52. The van der Waals surface area contributed by atoms with Gasteiger partial charge in [-0.2, -0.15) is 0 Å². The zero-order chi connectivity index (χ0) is 28.1. The van der Waals surface area contributed by atoms with Crippen LogP contribution in [0.4, 0.5) is 0 Å². The minimum atomic E-state index is -3.87. The Morgan fingerprint density at radius 1 is 0.950 bits per heavy atom. The fraction of sp³-hybridized carbons (Fsp3) is 0.406. The molecule has 3 aromatic rings. The van der Waals surface area contributed by atoms with Gasteiger partial charge in [-0.3, -0.25) is 14.6 Å². The number of pyridine rings is 1. The van der Waals surface area contributed by atoms with Crippen molar-refractivity contribution in [3.8, 4) is 11.1 Å². The monoisotopic (exact) mass is 558 g/mol. The molecule has 1 saturated carbocycles. The predicted molar refractivity (Wildman–Crippen MR) is 151 cm³/mol. The summed E-state index contributed by atoms with van der Waals surface area (Å²) in [4.78, 5) is 31.7. The Kier molecular flexibility index (Phi) is 6.77. The number of hydrogen-bond donors (Lipinski definition) is 1. The SMILES string of the molecule is Cc1ccc(S(=O)(=O)C23CCN(C(=O)C4CCC(C(=O)O)CC4)C2CCc2cc(-c4cccnc4)ccc23)cc1. The molecule has 6 rings (SSSR count). The van der Waals surface area contributed by atoms with E-state index in [4.69, 9.17) is 0 Å². The number of carboxylic acids is 1. The lowest BCUT2D eigenvalue weighted by Crippen LogP contribution is -2.53. The second kappa shape index (κ2) is 10.1. The number of rotatable bonds is 5. The van der Waals surface area contributed by atoms with Gasteiger partial charge in [-0.15, -0.1) is 0 Å². The number of aromatic nitrogens is 1. The van der Waals surface area contributed by atoms with Crippen LogP contribution in [0.1, 0.15) is 55.2 Å². The Bertz CT molecular complexity index is 1550. The van der Waals surface area contributed by atoms with Crippen molar-refractivity contribution in [3.63, 3.8) is 0 Å². The molecule has 1 saturated heterocycles. The van der Waals surface area contributed by atoms with E-state index in [1.807, 2.05) is 48.2 Å². The lowest BCUT2D eigenvalue weighted by molar-refractivity contribution is -0.146. The first-order chi connectivity index (χ1) is 19.2. The second-order valence-electron chi connectivity index (χ2n) is 11.5. The molecule has 2 aliphatic carbocycles. The highest BCUT2D eigenvalue weighted by Crippen LogP contribution is 2.53.